The topological polar surface area (TPSA) is 116 Å². The van der Waals surface area contributed by atoms with Crippen molar-refractivity contribution < 1.29 is 9.53 Å². The third-order valence-corrected chi connectivity index (χ3v) is 7.22. The molecule has 2 aromatic heterocycles. The quantitative estimate of drug-likeness (QED) is 0.484. The molecule has 6 rings (SSSR count). The van der Waals surface area contributed by atoms with Gasteiger partial charge < -0.3 is 14.6 Å². The molecule has 1 saturated heterocycles. The van der Waals surface area contributed by atoms with Crippen molar-refractivity contribution in [1.29, 1.82) is 5.26 Å². The highest BCUT2D eigenvalue weighted by atomic mass is 16.5. The highest BCUT2D eigenvalue weighted by Crippen LogP contribution is 2.29. The zero-order valence-corrected chi connectivity index (χ0v) is 19.4. The highest BCUT2D eigenvalue weighted by Gasteiger charge is 2.27. The van der Waals surface area contributed by atoms with Gasteiger partial charge >= 0.3 is 0 Å². The van der Waals surface area contributed by atoms with Gasteiger partial charge in [0.15, 0.2) is 0 Å². The number of nitrogens with zero attached hydrogens (tertiary/aromatic N) is 5. The third-order valence-electron chi connectivity index (χ3n) is 7.22. The number of carbonyl (C=O) groups excluding carboxylic acids is 1. The Balaban J connectivity index is 1.46. The maximum Gasteiger partial charge on any atom is 0.294 e. The van der Waals surface area contributed by atoms with Crippen molar-refractivity contribution in [1.82, 2.24) is 24.5 Å². The summed E-state index contributed by atoms with van der Waals surface area (Å²) in [7, 11) is 0. The van der Waals surface area contributed by atoms with E-state index in [1.165, 1.54) is 0 Å². The maximum absolute atomic E-state index is 13.7. The normalized spacial score (nSPS) is 16.4. The molecule has 0 atom stereocenters. The SMILES string of the molecule is Cc1cc2[nH]c(=O)c3nnc(C4CCOCC4)n3c2cc1C(=O)N1CCc2cccc(C#N)c2C1. The van der Waals surface area contributed by atoms with E-state index in [1.807, 2.05) is 31.2 Å². The lowest BCUT2D eigenvalue weighted by atomic mass is 9.94. The van der Waals surface area contributed by atoms with Gasteiger partial charge in [0.1, 0.15) is 5.82 Å². The first-order valence-electron chi connectivity index (χ1n) is 11.8. The van der Waals surface area contributed by atoms with Crippen molar-refractivity contribution in [3.8, 4) is 6.07 Å². The van der Waals surface area contributed by atoms with Crippen LogP contribution in [0.3, 0.4) is 0 Å². The van der Waals surface area contributed by atoms with Crippen LogP contribution in [-0.4, -0.2) is 50.1 Å². The molecule has 1 fully saturated rings. The Kier molecular flexibility index (Phi) is 5.11. The Morgan fingerprint density at radius 1 is 1.23 bits per heavy atom. The van der Waals surface area contributed by atoms with Gasteiger partial charge in [-0.05, 0) is 61.1 Å². The number of aryl methyl sites for hydroxylation is 1. The number of fused-ring (bicyclic) bond motifs is 4. The number of aromatic nitrogens is 4. The Morgan fingerprint density at radius 2 is 2.06 bits per heavy atom. The first kappa shape index (κ1) is 21.5. The average molecular weight is 469 g/mol. The minimum atomic E-state index is -0.307. The van der Waals surface area contributed by atoms with Crippen LogP contribution in [0.5, 0.6) is 0 Å². The minimum Gasteiger partial charge on any atom is -0.381 e. The first-order valence-corrected chi connectivity index (χ1v) is 11.8. The molecule has 4 heterocycles. The zero-order valence-electron chi connectivity index (χ0n) is 19.4. The first-order chi connectivity index (χ1) is 17.0. The van der Waals surface area contributed by atoms with Crippen molar-refractivity contribution in [2.24, 2.45) is 0 Å². The molecule has 2 aromatic carbocycles. The molecule has 0 aliphatic carbocycles. The van der Waals surface area contributed by atoms with E-state index < -0.39 is 0 Å². The van der Waals surface area contributed by atoms with Crippen molar-refractivity contribution >= 4 is 22.6 Å². The Morgan fingerprint density at radius 3 is 2.86 bits per heavy atom. The predicted molar refractivity (Wildman–Crippen MR) is 128 cm³/mol. The molecule has 176 valence electrons. The van der Waals surface area contributed by atoms with Gasteiger partial charge in [0.05, 0.1) is 22.7 Å². The Labute approximate surface area is 201 Å². The van der Waals surface area contributed by atoms with E-state index in [0.717, 1.165) is 35.4 Å². The van der Waals surface area contributed by atoms with E-state index in [9.17, 15) is 14.9 Å². The second-order valence-electron chi connectivity index (χ2n) is 9.27. The van der Waals surface area contributed by atoms with E-state index >= 15 is 0 Å². The molecular formula is C26H24N6O3. The summed E-state index contributed by atoms with van der Waals surface area (Å²) in [4.78, 5) is 31.2. The highest BCUT2D eigenvalue weighted by molar-refractivity contribution is 5.99. The Bertz CT molecular complexity index is 1590. The number of carbonyl (C=O) groups is 1. The molecule has 0 spiro atoms. The largest absolute Gasteiger partial charge is 0.381 e. The number of benzene rings is 2. The van der Waals surface area contributed by atoms with Gasteiger partial charge in [0.25, 0.3) is 11.5 Å². The fourth-order valence-corrected chi connectivity index (χ4v) is 5.32. The van der Waals surface area contributed by atoms with E-state index in [4.69, 9.17) is 4.74 Å². The van der Waals surface area contributed by atoms with Crippen LogP contribution in [0, 0.1) is 18.3 Å². The number of amides is 1. The van der Waals surface area contributed by atoms with Gasteiger partial charge in [0, 0.05) is 37.8 Å². The molecular weight excluding hydrogens is 444 g/mol. The van der Waals surface area contributed by atoms with Crippen LogP contribution in [-0.2, 0) is 17.7 Å². The standard InChI is InChI=1S/C26H24N6O3/c1-15-11-21-22(32-23(17-6-9-35-10-7-17)29-30-24(32)25(33)28-21)12-19(15)26(34)31-8-5-16-3-2-4-18(13-27)20(16)14-31/h2-4,11-12,17H,5-10,14H2,1H3,(H,28,33). The molecule has 9 heteroatoms. The zero-order chi connectivity index (χ0) is 24.1. The van der Waals surface area contributed by atoms with E-state index in [1.54, 1.807) is 15.4 Å². The van der Waals surface area contributed by atoms with Crippen molar-refractivity contribution in [3.63, 3.8) is 0 Å². The van der Waals surface area contributed by atoms with Gasteiger partial charge in [-0.15, -0.1) is 10.2 Å². The van der Waals surface area contributed by atoms with Crippen molar-refractivity contribution in [2.45, 2.75) is 38.6 Å². The van der Waals surface area contributed by atoms with Crippen molar-refractivity contribution in [3.05, 3.63) is 74.3 Å². The van der Waals surface area contributed by atoms with Gasteiger partial charge in [-0.25, -0.2) is 0 Å². The second-order valence-corrected chi connectivity index (χ2v) is 9.27. The lowest BCUT2D eigenvalue weighted by molar-refractivity contribution is 0.0734. The molecule has 0 radical (unpaired) electrons. The molecule has 1 amide bonds. The molecule has 35 heavy (non-hydrogen) atoms. The van der Waals surface area contributed by atoms with Crippen LogP contribution in [0.1, 0.15) is 57.2 Å². The summed E-state index contributed by atoms with van der Waals surface area (Å²) in [5.74, 6) is 0.766. The molecule has 0 saturated carbocycles. The summed E-state index contributed by atoms with van der Waals surface area (Å²) in [6.07, 6.45) is 2.32. The lowest BCUT2D eigenvalue weighted by Gasteiger charge is -2.30. The molecule has 4 aromatic rings. The Hall–Kier alpha value is -4.03. The van der Waals surface area contributed by atoms with Crippen LogP contribution < -0.4 is 5.56 Å². The van der Waals surface area contributed by atoms with Crippen LogP contribution in [0.25, 0.3) is 16.7 Å². The molecule has 9 nitrogen and oxygen atoms in total. The number of H-pyrrole nitrogens is 1. The fourth-order valence-electron chi connectivity index (χ4n) is 5.32. The van der Waals surface area contributed by atoms with Crippen LogP contribution in [0.2, 0.25) is 0 Å². The molecule has 1 N–H and O–H groups in total. The van der Waals surface area contributed by atoms with E-state index in [-0.39, 0.29) is 23.0 Å². The van der Waals surface area contributed by atoms with Gasteiger partial charge in [-0.1, -0.05) is 12.1 Å². The van der Waals surface area contributed by atoms with Crippen molar-refractivity contribution in [2.75, 3.05) is 19.8 Å². The predicted octanol–water partition coefficient (Wildman–Crippen LogP) is 2.84. The molecule has 0 bridgehead atoms. The molecule has 2 aliphatic heterocycles. The summed E-state index contributed by atoms with van der Waals surface area (Å²) in [6, 6.07) is 11.6. The van der Waals surface area contributed by atoms with E-state index in [2.05, 4.69) is 21.3 Å². The number of hydrogen-bond donors (Lipinski definition) is 1. The number of rotatable bonds is 2. The number of hydrogen-bond acceptors (Lipinski definition) is 6. The van der Waals surface area contributed by atoms with Gasteiger partial charge in [-0.2, -0.15) is 5.26 Å². The fraction of sp³-hybridized carbons (Fsp3) is 0.346. The lowest BCUT2D eigenvalue weighted by Crippen LogP contribution is -2.36. The average Bonchev–Trinajstić information content (AvgIpc) is 3.34. The maximum atomic E-state index is 13.7. The molecule has 0 unspecified atom stereocenters. The molecule has 2 aliphatic rings. The number of aromatic amines is 1. The van der Waals surface area contributed by atoms with Gasteiger partial charge in [0.2, 0.25) is 5.65 Å². The van der Waals surface area contributed by atoms with Crippen LogP contribution >= 0.6 is 0 Å². The summed E-state index contributed by atoms with van der Waals surface area (Å²) in [5.41, 5.74) is 5.25. The third kappa shape index (κ3) is 3.49. The number of ether oxygens (including phenoxy) is 1. The summed E-state index contributed by atoms with van der Waals surface area (Å²) >= 11 is 0. The second kappa shape index (κ2) is 8.32. The van der Waals surface area contributed by atoms with Crippen LogP contribution in [0.4, 0.5) is 0 Å². The monoisotopic (exact) mass is 468 g/mol. The van der Waals surface area contributed by atoms with Crippen LogP contribution in [0.15, 0.2) is 35.1 Å². The summed E-state index contributed by atoms with van der Waals surface area (Å²) in [5, 5.41) is 18.1. The van der Waals surface area contributed by atoms with Gasteiger partial charge in [-0.3, -0.25) is 14.0 Å². The van der Waals surface area contributed by atoms with E-state index in [0.29, 0.717) is 54.9 Å². The minimum absolute atomic E-state index is 0.0946. The number of nitrogens with one attached hydrogen (secondary N) is 1. The smallest absolute Gasteiger partial charge is 0.294 e. The summed E-state index contributed by atoms with van der Waals surface area (Å²) < 4.78 is 7.31. The summed E-state index contributed by atoms with van der Waals surface area (Å²) in [6.45, 7) is 4.14. The number of nitriles is 1.